The van der Waals surface area contributed by atoms with E-state index in [1.165, 1.54) is 25.7 Å². The lowest BCUT2D eigenvalue weighted by molar-refractivity contribution is 0.401. The minimum atomic E-state index is 0.562. The molecule has 0 aromatic carbocycles. The van der Waals surface area contributed by atoms with Gasteiger partial charge in [-0.15, -0.1) is 0 Å². The Hall–Kier alpha value is -0.300. The van der Waals surface area contributed by atoms with Crippen LogP contribution in [-0.2, 0) is 0 Å². The molecule has 0 spiro atoms. The summed E-state index contributed by atoms with van der Waals surface area (Å²) in [5.74, 6) is 1.60. The molecule has 0 aliphatic rings. The van der Waals surface area contributed by atoms with Gasteiger partial charge in [-0.2, -0.15) is 0 Å². The highest BCUT2D eigenvalue weighted by Gasteiger charge is 2.12. The Morgan fingerprint density at radius 1 is 1.13 bits per heavy atom. The molecule has 90 valence electrons. The predicted molar refractivity (Wildman–Crippen MR) is 70.1 cm³/mol. The Morgan fingerprint density at radius 2 is 1.73 bits per heavy atom. The van der Waals surface area contributed by atoms with E-state index in [0.717, 1.165) is 11.8 Å². The number of hydrogen-bond donors (Lipinski definition) is 1. The molecule has 0 fully saturated rings. The normalized spacial score (nSPS) is 14.3. The molecular weight excluding hydrogens is 182 g/mol. The summed E-state index contributed by atoms with van der Waals surface area (Å²) in [7, 11) is 2.07. The van der Waals surface area contributed by atoms with Gasteiger partial charge in [-0.05, 0) is 31.7 Å². The van der Waals surface area contributed by atoms with Crippen LogP contribution in [0.5, 0.6) is 0 Å². The fourth-order valence-corrected chi connectivity index (χ4v) is 1.96. The first kappa shape index (κ1) is 14.7. The monoisotopic (exact) mass is 211 g/mol. The van der Waals surface area contributed by atoms with Gasteiger partial charge in [0, 0.05) is 6.04 Å². The third-order valence-electron chi connectivity index (χ3n) is 3.14. The minimum Gasteiger partial charge on any atom is -0.313 e. The molecule has 0 amide bonds. The van der Waals surface area contributed by atoms with E-state index in [0.29, 0.717) is 6.04 Å². The molecular formula is C14H29N. The zero-order valence-electron chi connectivity index (χ0n) is 11.2. The van der Waals surface area contributed by atoms with Gasteiger partial charge in [0.2, 0.25) is 0 Å². The molecule has 1 atom stereocenters. The van der Waals surface area contributed by atoms with Crippen molar-refractivity contribution in [3.05, 3.63) is 12.2 Å². The van der Waals surface area contributed by atoms with Gasteiger partial charge in [-0.3, -0.25) is 0 Å². The van der Waals surface area contributed by atoms with E-state index in [4.69, 9.17) is 0 Å². The van der Waals surface area contributed by atoms with Crippen LogP contribution in [0.2, 0.25) is 0 Å². The Kier molecular flexibility index (Phi) is 8.79. The van der Waals surface area contributed by atoms with Gasteiger partial charge in [-0.1, -0.05) is 52.7 Å². The highest BCUT2D eigenvalue weighted by molar-refractivity contribution is 4.95. The van der Waals surface area contributed by atoms with Crippen LogP contribution in [0, 0.1) is 11.8 Å². The number of rotatable bonds is 8. The average molecular weight is 211 g/mol. The molecule has 1 N–H and O–H groups in total. The van der Waals surface area contributed by atoms with Gasteiger partial charge in [0.25, 0.3) is 0 Å². The van der Waals surface area contributed by atoms with Crippen molar-refractivity contribution < 1.29 is 0 Å². The van der Waals surface area contributed by atoms with E-state index >= 15 is 0 Å². The number of nitrogens with one attached hydrogen (secondary N) is 1. The maximum absolute atomic E-state index is 3.41. The van der Waals surface area contributed by atoms with Crippen LogP contribution in [0.25, 0.3) is 0 Å². The zero-order chi connectivity index (χ0) is 11.7. The van der Waals surface area contributed by atoms with Crippen molar-refractivity contribution in [2.45, 2.75) is 59.4 Å². The topological polar surface area (TPSA) is 12.0 Å². The molecule has 1 nitrogen and oxygen atoms in total. The number of likely N-dealkylation sites (N-methyl/N-ethyl adjacent to an activating group) is 1. The molecule has 0 saturated heterocycles. The molecule has 0 aliphatic heterocycles. The first-order valence-electron chi connectivity index (χ1n) is 6.49. The summed E-state index contributed by atoms with van der Waals surface area (Å²) in [6.07, 6.45) is 9.75. The van der Waals surface area contributed by atoms with Crippen molar-refractivity contribution in [2.24, 2.45) is 11.8 Å². The van der Waals surface area contributed by atoms with Crippen LogP contribution in [0.4, 0.5) is 0 Å². The molecule has 0 saturated carbocycles. The largest absolute Gasteiger partial charge is 0.313 e. The smallest absolute Gasteiger partial charge is 0.0275 e. The fourth-order valence-electron chi connectivity index (χ4n) is 1.96. The number of hydrogen-bond acceptors (Lipinski definition) is 1. The van der Waals surface area contributed by atoms with E-state index in [9.17, 15) is 0 Å². The van der Waals surface area contributed by atoms with Crippen molar-refractivity contribution >= 4 is 0 Å². The summed E-state index contributed by atoms with van der Waals surface area (Å²) in [5.41, 5.74) is 0. The molecule has 1 heteroatoms. The molecule has 0 rings (SSSR count). The van der Waals surface area contributed by atoms with Crippen LogP contribution >= 0.6 is 0 Å². The summed E-state index contributed by atoms with van der Waals surface area (Å²) in [5, 5.41) is 3.41. The van der Waals surface area contributed by atoms with Crippen molar-refractivity contribution in [3.63, 3.8) is 0 Å². The lowest BCUT2D eigenvalue weighted by Gasteiger charge is -2.21. The second-order valence-electron chi connectivity index (χ2n) is 4.79. The SMILES string of the molecule is CCC(CC)C(/C=C/CCC(C)C)NC. The highest BCUT2D eigenvalue weighted by Crippen LogP contribution is 2.14. The summed E-state index contributed by atoms with van der Waals surface area (Å²) in [4.78, 5) is 0. The molecule has 15 heavy (non-hydrogen) atoms. The Balaban J connectivity index is 3.96. The lowest BCUT2D eigenvalue weighted by atomic mass is 9.93. The highest BCUT2D eigenvalue weighted by atomic mass is 14.9. The van der Waals surface area contributed by atoms with Gasteiger partial charge >= 0.3 is 0 Å². The van der Waals surface area contributed by atoms with E-state index < -0.39 is 0 Å². The standard InChI is InChI=1S/C14H29N/c1-6-13(7-2)14(15-5)11-9-8-10-12(3)4/h9,11-15H,6-8,10H2,1-5H3/b11-9+. The van der Waals surface area contributed by atoms with E-state index in [-0.39, 0.29) is 0 Å². The van der Waals surface area contributed by atoms with Crippen LogP contribution in [-0.4, -0.2) is 13.1 Å². The number of allylic oxidation sites excluding steroid dienone is 1. The maximum Gasteiger partial charge on any atom is 0.0275 e. The third kappa shape index (κ3) is 6.72. The quantitative estimate of drug-likeness (QED) is 0.598. The van der Waals surface area contributed by atoms with E-state index in [1.807, 2.05) is 0 Å². The van der Waals surface area contributed by atoms with Crippen LogP contribution in [0.15, 0.2) is 12.2 Å². The van der Waals surface area contributed by atoms with Crippen LogP contribution in [0.3, 0.4) is 0 Å². The summed E-state index contributed by atoms with van der Waals surface area (Å²) in [6.45, 7) is 9.12. The van der Waals surface area contributed by atoms with E-state index in [1.54, 1.807) is 0 Å². The lowest BCUT2D eigenvalue weighted by Crippen LogP contribution is -2.30. The second-order valence-corrected chi connectivity index (χ2v) is 4.79. The van der Waals surface area contributed by atoms with Crippen molar-refractivity contribution in [2.75, 3.05) is 7.05 Å². The van der Waals surface area contributed by atoms with Crippen LogP contribution < -0.4 is 5.32 Å². The molecule has 0 radical (unpaired) electrons. The van der Waals surface area contributed by atoms with E-state index in [2.05, 4.69) is 52.2 Å². The predicted octanol–water partition coefficient (Wildman–Crippen LogP) is 4.00. The van der Waals surface area contributed by atoms with Gasteiger partial charge in [0.1, 0.15) is 0 Å². The first-order valence-corrected chi connectivity index (χ1v) is 6.49. The summed E-state index contributed by atoms with van der Waals surface area (Å²) >= 11 is 0. The van der Waals surface area contributed by atoms with Crippen molar-refractivity contribution in [1.82, 2.24) is 5.32 Å². The van der Waals surface area contributed by atoms with Gasteiger partial charge in [0.05, 0.1) is 0 Å². The van der Waals surface area contributed by atoms with Gasteiger partial charge in [-0.25, -0.2) is 0 Å². The van der Waals surface area contributed by atoms with Crippen molar-refractivity contribution in [1.29, 1.82) is 0 Å². The Morgan fingerprint density at radius 3 is 2.13 bits per heavy atom. The molecule has 0 aromatic heterocycles. The van der Waals surface area contributed by atoms with Gasteiger partial charge < -0.3 is 5.32 Å². The Bertz CT molecular complexity index is 157. The summed E-state index contributed by atoms with van der Waals surface area (Å²) < 4.78 is 0. The zero-order valence-corrected chi connectivity index (χ0v) is 11.2. The molecule has 1 unspecified atom stereocenters. The molecule has 0 heterocycles. The minimum absolute atomic E-state index is 0.562. The van der Waals surface area contributed by atoms with Crippen molar-refractivity contribution in [3.8, 4) is 0 Å². The average Bonchev–Trinajstić information content (AvgIpc) is 2.22. The van der Waals surface area contributed by atoms with Crippen LogP contribution in [0.1, 0.15) is 53.4 Å². The Labute approximate surface area is 96.3 Å². The fraction of sp³-hybridized carbons (Fsp3) is 0.857. The molecule has 0 aromatic rings. The second kappa shape index (κ2) is 8.96. The van der Waals surface area contributed by atoms with Gasteiger partial charge in [0.15, 0.2) is 0 Å². The molecule has 0 aliphatic carbocycles. The summed E-state index contributed by atoms with van der Waals surface area (Å²) in [6, 6.07) is 0.562. The first-order chi connectivity index (χ1) is 7.15. The molecule has 0 bridgehead atoms. The third-order valence-corrected chi connectivity index (χ3v) is 3.14. The maximum atomic E-state index is 3.41.